The molecular weight excluding hydrogens is 236 g/mol. The number of aliphatic hydroxyl groups is 1. The molecule has 0 atom stereocenters. The maximum Gasteiger partial charge on any atom is 0.289 e. The molecule has 2 amide bonds. The molecule has 0 aromatic carbocycles. The number of unbranched alkanes of at least 4 members (excludes halogenated alkanes) is 1. The van der Waals surface area contributed by atoms with Crippen LogP contribution in [0.4, 0.5) is 0 Å². The number of hydrogen-bond acceptors (Lipinski definition) is 4. The lowest BCUT2D eigenvalue weighted by Gasteiger charge is -2.15. The maximum atomic E-state index is 11.7. The van der Waals surface area contributed by atoms with Crippen molar-refractivity contribution in [1.82, 2.24) is 10.2 Å². The van der Waals surface area contributed by atoms with Gasteiger partial charge in [0.2, 0.25) is 5.91 Å². The van der Waals surface area contributed by atoms with Crippen molar-refractivity contribution >= 4 is 11.8 Å². The first kappa shape index (κ1) is 14.2. The van der Waals surface area contributed by atoms with E-state index in [2.05, 4.69) is 5.32 Å². The monoisotopic (exact) mass is 254 g/mol. The van der Waals surface area contributed by atoms with Crippen LogP contribution < -0.4 is 5.32 Å². The second-order valence-electron chi connectivity index (χ2n) is 3.92. The minimum atomic E-state index is -0.328. The van der Waals surface area contributed by atoms with Gasteiger partial charge in [0, 0.05) is 20.2 Å². The van der Waals surface area contributed by atoms with Gasteiger partial charge in [0.25, 0.3) is 5.91 Å². The van der Waals surface area contributed by atoms with Gasteiger partial charge in [0.15, 0.2) is 5.76 Å². The van der Waals surface area contributed by atoms with Crippen molar-refractivity contribution < 1.29 is 19.1 Å². The van der Waals surface area contributed by atoms with E-state index < -0.39 is 0 Å². The van der Waals surface area contributed by atoms with Crippen molar-refractivity contribution in [3.8, 4) is 0 Å². The smallest absolute Gasteiger partial charge is 0.289 e. The van der Waals surface area contributed by atoms with E-state index in [1.807, 2.05) is 0 Å². The third kappa shape index (κ3) is 4.58. The van der Waals surface area contributed by atoms with E-state index in [1.54, 1.807) is 12.1 Å². The summed E-state index contributed by atoms with van der Waals surface area (Å²) in [4.78, 5) is 24.5. The Balaban J connectivity index is 2.29. The molecule has 0 saturated carbocycles. The van der Waals surface area contributed by atoms with Gasteiger partial charge in [0.1, 0.15) is 0 Å². The summed E-state index contributed by atoms with van der Waals surface area (Å²) in [5, 5.41) is 11.3. The lowest BCUT2D eigenvalue weighted by Crippen LogP contribution is -2.38. The Labute approximate surface area is 106 Å². The van der Waals surface area contributed by atoms with E-state index in [4.69, 9.17) is 9.52 Å². The molecule has 6 nitrogen and oxygen atoms in total. The summed E-state index contributed by atoms with van der Waals surface area (Å²) in [5.74, 6) is -0.341. The SMILES string of the molecule is CN(CC(=O)NCCCCO)C(=O)c1ccco1. The van der Waals surface area contributed by atoms with Crippen molar-refractivity contribution in [3.05, 3.63) is 24.2 Å². The highest BCUT2D eigenvalue weighted by Crippen LogP contribution is 2.03. The fourth-order valence-electron chi connectivity index (χ4n) is 1.40. The average molecular weight is 254 g/mol. The van der Waals surface area contributed by atoms with Gasteiger partial charge in [-0.25, -0.2) is 0 Å². The van der Waals surface area contributed by atoms with Crippen molar-refractivity contribution in [2.45, 2.75) is 12.8 Å². The van der Waals surface area contributed by atoms with Crippen molar-refractivity contribution in [2.24, 2.45) is 0 Å². The fourth-order valence-corrected chi connectivity index (χ4v) is 1.40. The Hall–Kier alpha value is -1.82. The highest BCUT2D eigenvalue weighted by atomic mass is 16.3. The molecule has 0 spiro atoms. The molecule has 0 unspecified atom stereocenters. The number of rotatable bonds is 7. The topological polar surface area (TPSA) is 82.8 Å². The summed E-state index contributed by atoms with van der Waals surface area (Å²) >= 11 is 0. The molecule has 0 bridgehead atoms. The molecule has 18 heavy (non-hydrogen) atoms. The summed E-state index contributed by atoms with van der Waals surface area (Å²) in [6.07, 6.45) is 2.79. The third-order valence-corrected chi connectivity index (χ3v) is 2.37. The lowest BCUT2D eigenvalue weighted by atomic mass is 10.3. The van der Waals surface area contributed by atoms with Crippen molar-refractivity contribution in [1.29, 1.82) is 0 Å². The predicted molar refractivity (Wildman–Crippen MR) is 65.0 cm³/mol. The van der Waals surface area contributed by atoms with E-state index in [-0.39, 0.29) is 30.7 Å². The predicted octanol–water partition coefficient (Wildman–Crippen LogP) is 0.240. The van der Waals surface area contributed by atoms with Crippen LogP contribution in [0.2, 0.25) is 0 Å². The molecule has 1 heterocycles. The van der Waals surface area contributed by atoms with Crippen LogP contribution in [-0.2, 0) is 4.79 Å². The Morgan fingerprint density at radius 3 is 2.83 bits per heavy atom. The van der Waals surface area contributed by atoms with E-state index in [9.17, 15) is 9.59 Å². The zero-order valence-electron chi connectivity index (χ0n) is 10.4. The minimum Gasteiger partial charge on any atom is -0.459 e. The van der Waals surface area contributed by atoms with Gasteiger partial charge in [-0.2, -0.15) is 0 Å². The van der Waals surface area contributed by atoms with E-state index in [0.29, 0.717) is 13.0 Å². The maximum absolute atomic E-state index is 11.7. The van der Waals surface area contributed by atoms with Crippen LogP contribution in [-0.4, -0.2) is 48.6 Å². The summed E-state index contributed by atoms with van der Waals surface area (Å²) in [6, 6.07) is 3.17. The summed E-state index contributed by atoms with van der Waals surface area (Å²) in [7, 11) is 1.54. The number of hydrogen-bond donors (Lipinski definition) is 2. The number of furan rings is 1. The molecule has 2 N–H and O–H groups in total. The Kier molecular flexibility index (Phi) is 5.93. The number of carbonyl (C=O) groups is 2. The standard InChI is InChI=1S/C12H18N2O4/c1-14(12(17)10-5-4-8-18-10)9-11(16)13-6-2-3-7-15/h4-5,8,15H,2-3,6-7,9H2,1H3,(H,13,16). The number of aliphatic hydroxyl groups excluding tert-OH is 1. The molecule has 6 heteroatoms. The van der Waals surface area contributed by atoms with Gasteiger partial charge in [0.05, 0.1) is 12.8 Å². The van der Waals surface area contributed by atoms with Crippen LogP contribution in [0.5, 0.6) is 0 Å². The van der Waals surface area contributed by atoms with E-state index >= 15 is 0 Å². The first-order chi connectivity index (χ1) is 8.65. The number of nitrogens with zero attached hydrogens (tertiary/aromatic N) is 1. The highest BCUT2D eigenvalue weighted by molar-refractivity contribution is 5.94. The molecule has 1 rings (SSSR count). The van der Waals surface area contributed by atoms with Crippen LogP contribution in [0.15, 0.2) is 22.8 Å². The molecule has 0 aliphatic carbocycles. The molecule has 0 aliphatic heterocycles. The Bertz CT molecular complexity index is 375. The largest absolute Gasteiger partial charge is 0.459 e. The molecule has 1 aromatic rings. The summed E-state index contributed by atoms with van der Waals surface area (Å²) in [5.41, 5.74) is 0. The first-order valence-corrected chi connectivity index (χ1v) is 5.81. The van der Waals surface area contributed by atoms with Crippen LogP contribution in [0.1, 0.15) is 23.4 Å². The van der Waals surface area contributed by atoms with Crippen LogP contribution in [0.25, 0.3) is 0 Å². The second kappa shape index (κ2) is 7.50. The zero-order chi connectivity index (χ0) is 13.4. The molecule has 0 radical (unpaired) electrons. The lowest BCUT2D eigenvalue weighted by molar-refractivity contribution is -0.121. The van der Waals surface area contributed by atoms with Gasteiger partial charge >= 0.3 is 0 Å². The Morgan fingerprint density at radius 2 is 2.22 bits per heavy atom. The van der Waals surface area contributed by atoms with Crippen molar-refractivity contribution in [3.63, 3.8) is 0 Å². The quantitative estimate of drug-likeness (QED) is 0.683. The fraction of sp³-hybridized carbons (Fsp3) is 0.500. The normalized spacial score (nSPS) is 10.1. The van der Waals surface area contributed by atoms with Crippen LogP contribution in [0.3, 0.4) is 0 Å². The zero-order valence-corrected chi connectivity index (χ0v) is 10.4. The number of carbonyl (C=O) groups excluding carboxylic acids is 2. The minimum absolute atomic E-state index is 0.0152. The number of nitrogens with one attached hydrogen (secondary N) is 1. The van der Waals surface area contributed by atoms with Crippen LogP contribution in [0, 0.1) is 0 Å². The molecule has 1 aromatic heterocycles. The highest BCUT2D eigenvalue weighted by Gasteiger charge is 2.16. The second-order valence-corrected chi connectivity index (χ2v) is 3.92. The average Bonchev–Trinajstić information content (AvgIpc) is 2.87. The summed E-state index contributed by atoms with van der Waals surface area (Å²) in [6.45, 7) is 0.605. The van der Waals surface area contributed by atoms with Crippen LogP contribution >= 0.6 is 0 Å². The Morgan fingerprint density at radius 1 is 1.44 bits per heavy atom. The molecule has 0 aliphatic rings. The van der Waals surface area contributed by atoms with Gasteiger partial charge < -0.3 is 19.7 Å². The third-order valence-electron chi connectivity index (χ3n) is 2.37. The first-order valence-electron chi connectivity index (χ1n) is 5.81. The number of amides is 2. The molecular formula is C12H18N2O4. The van der Waals surface area contributed by atoms with Gasteiger partial charge in [-0.3, -0.25) is 9.59 Å². The summed E-state index contributed by atoms with van der Waals surface area (Å²) < 4.78 is 4.96. The van der Waals surface area contributed by atoms with E-state index in [1.165, 1.54) is 18.2 Å². The molecule has 0 fully saturated rings. The van der Waals surface area contributed by atoms with E-state index in [0.717, 1.165) is 6.42 Å². The molecule has 0 saturated heterocycles. The number of likely N-dealkylation sites (N-methyl/N-ethyl adjacent to an activating group) is 1. The van der Waals surface area contributed by atoms with Crippen molar-refractivity contribution in [2.75, 3.05) is 26.7 Å². The van der Waals surface area contributed by atoms with Gasteiger partial charge in [-0.15, -0.1) is 0 Å². The van der Waals surface area contributed by atoms with Gasteiger partial charge in [-0.1, -0.05) is 0 Å². The van der Waals surface area contributed by atoms with Gasteiger partial charge in [-0.05, 0) is 25.0 Å². The molecule has 100 valence electrons.